The van der Waals surface area contributed by atoms with Crippen LogP contribution in [0.25, 0.3) is 101 Å². The maximum absolute atomic E-state index is 9.42. The van der Waals surface area contributed by atoms with Crippen LogP contribution in [0, 0.1) is 0 Å². The van der Waals surface area contributed by atoms with Crippen molar-refractivity contribution in [3.05, 3.63) is 236 Å². The Morgan fingerprint density at radius 1 is 0.348 bits per heavy atom. The van der Waals surface area contributed by atoms with Gasteiger partial charge in [0.25, 0.3) is 0 Å². The third kappa shape index (κ3) is 5.96. The van der Waals surface area contributed by atoms with Gasteiger partial charge in [-0.2, -0.15) is 15.0 Å². The maximum atomic E-state index is 9.42. The second kappa shape index (κ2) is 15.5. The van der Waals surface area contributed by atoms with Crippen LogP contribution in [0.4, 0.5) is 0 Å². The zero-order chi connectivity index (χ0) is 59.4. The summed E-state index contributed by atoms with van der Waals surface area (Å²) in [6.45, 7) is 0. The summed E-state index contributed by atoms with van der Waals surface area (Å²) in [5.41, 5.74) is 3.86. The van der Waals surface area contributed by atoms with Crippen molar-refractivity contribution < 1.29 is 21.9 Å². The number of hydrogen-bond donors (Lipinski definition) is 0. The Kier molecular flexibility index (Phi) is 5.90. The molecular weight excluding hydrogens is 859 g/mol. The first kappa shape index (κ1) is 26.3. The quantitative estimate of drug-likeness (QED) is 0.149. The monoisotopic (exact) mass is 913 g/mol. The van der Waals surface area contributed by atoms with Gasteiger partial charge in [-0.15, -0.1) is 0 Å². The van der Waals surface area contributed by atoms with Gasteiger partial charge in [-0.05, 0) is 46.7 Å². The fourth-order valence-corrected chi connectivity index (χ4v) is 14.7. The summed E-state index contributed by atoms with van der Waals surface area (Å²) < 4.78 is 147. The highest BCUT2D eigenvalue weighted by Gasteiger charge is 2.52. The normalized spacial score (nSPS) is 16.0. The SMILES string of the molecule is [2H]c1c([2H])c([2H])c2c(c1[2H])c1c([2H])c([2H])c([2H])c([2H])c1n2-c1nc(-c2cccc([Si]3(c4ccccc4)c4nc(-c5ccccc5)ccc4-c4ccc(-c5ccccc5)nc43)c2)nc(-n2c3c([2H])c([2H])c([2H])c([2H])c3c3c([2H])c([2H])c([2H])c([2H])c32)n1. The second-order valence-corrected chi connectivity index (χ2v) is 20.0. The molecule has 0 spiro atoms. The van der Waals surface area contributed by atoms with E-state index in [4.69, 9.17) is 35.9 Å². The molecule has 0 atom stereocenters. The van der Waals surface area contributed by atoms with E-state index in [0.29, 0.717) is 0 Å². The molecule has 0 radical (unpaired) electrons. The smallest absolute Gasteiger partial charge is 0.240 e. The molecule has 0 N–H and O–H groups in total. The molecule has 0 aliphatic carbocycles. The number of rotatable bonds is 7. The van der Waals surface area contributed by atoms with E-state index >= 15 is 0 Å². The van der Waals surface area contributed by atoms with Crippen LogP contribution in [0.3, 0.4) is 0 Å². The molecule has 0 fully saturated rings. The Balaban J connectivity index is 1.15. The van der Waals surface area contributed by atoms with E-state index in [-0.39, 0.29) is 55.0 Å². The number of fused-ring (bicyclic) bond motifs is 9. The Hall–Kier alpha value is -9.11. The van der Waals surface area contributed by atoms with Gasteiger partial charge in [0.2, 0.25) is 20.0 Å². The number of pyridine rings is 2. The Morgan fingerprint density at radius 3 is 1.19 bits per heavy atom. The minimum absolute atomic E-state index is 0.178. The molecule has 1 aliphatic rings. The molecule has 0 saturated heterocycles. The molecule has 7 nitrogen and oxygen atoms in total. The van der Waals surface area contributed by atoms with E-state index < -0.39 is 117 Å². The summed E-state index contributed by atoms with van der Waals surface area (Å²) in [5.74, 6) is -1.16. The van der Waals surface area contributed by atoms with Gasteiger partial charge in [-0.25, -0.2) is 0 Å². The average molecular weight is 914 g/mol. The molecule has 5 aromatic heterocycles. The molecule has 69 heavy (non-hydrogen) atoms. The van der Waals surface area contributed by atoms with Crippen LogP contribution in [-0.2, 0) is 0 Å². The van der Waals surface area contributed by atoms with Crippen molar-refractivity contribution in [2.45, 2.75) is 0 Å². The molecule has 8 aromatic carbocycles. The van der Waals surface area contributed by atoms with Gasteiger partial charge < -0.3 is 0 Å². The predicted octanol–water partition coefficient (Wildman–Crippen LogP) is 11.2. The molecule has 0 unspecified atom stereocenters. The molecular formula is C61H39N7Si. The molecule has 0 bridgehead atoms. The number of para-hydroxylation sites is 4. The number of nitrogens with zero attached hydrogens (tertiary/aromatic N) is 7. The first-order chi connectivity index (χ1) is 40.9. The molecule has 14 rings (SSSR count). The molecule has 13 aromatic rings. The number of benzene rings is 8. The summed E-state index contributed by atoms with van der Waals surface area (Å²) in [7, 11) is -3.74. The molecule has 8 heteroatoms. The van der Waals surface area contributed by atoms with Gasteiger partial charge in [-0.3, -0.25) is 19.1 Å². The Labute approximate surface area is 420 Å². The lowest BCUT2D eigenvalue weighted by molar-refractivity contribution is 0.893. The minimum Gasteiger partial charge on any atom is -0.278 e. The molecule has 6 heterocycles. The first-order valence-electron chi connectivity index (χ1n) is 30.0. The zero-order valence-corrected chi connectivity index (χ0v) is 36.9. The van der Waals surface area contributed by atoms with E-state index in [2.05, 4.69) is 24.3 Å². The third-order valence-corrected chi connectivity index (χ3v) is 17.3. The van der Waals surface area contributed by atoms with Crippen LogP contribution in [0.5, 0.6) is 0 Å². The van der Waals surface area contributed by atoms with Gasteiger partial charge in [-0.1, -0.05) is 200 Å². The van der Waals surface area contributed by atoms with E-state index in [9.17, 15) is 11.0 Å². The number of aromatic nitrogens is 7. The lowest BCUT2D eigenvalue weighted by Gasteiger charge is -2.30. The van der Waals surface area contributed by atoms with Gasteiger partial charge in [0.15, 0.2) is 5.82 Å². The molecule has 0 amide bonds. The molecule has 0 saturated carbocycles. The number of hydrogen-bond acceptors (Lipinski definition) is 5. The summed E-state index contributed by atoms with van der Waals surface area (Å²) in [4.78, 5) is 26.3. The minimum atomic E-state index is -3.74. The van der Waals surface area contributed by atoms with Gasteiger partial charge in [0, 0.05) is 60.0 Å². The van der Waals surface area contributed by atoms with E-state index in [1.54, 1.807) is 6.07 Å². The van der Waals surface area contributed by atoms with Crippen LogP contribution < -0.4 is 21.0 Å². The topological polar surface area (TPSA) is 74.3 Å². The van der Waals surface area contributed by atoms with Crippen molar-refractivity contribution in [3.8, 4) is 56.9 Å². The van der Waals surface area contributed by atoms with Crippen molar-refractivity contribution in [3.63, 3.8) is 0 Å². The summed E-state index contributed by atoms with van der Waals surface area (Å²) in [6.07, 6.45) is 0. The van der Waals surface area contributed by atoms with Crippen molar-refractivity contribution in [2.24, 2.45) is 0 Å². The Morgan fingerprint density at radius 2 is 0.739 bits per heavy atom. The highest BCUT2D eigenvalue weighted by atomic mass is 28.3. The van der Waals surface area contributed by atoms with Crippen molar-refractivity contribution in [2.75, 3.05) is 0 Å². The third-order valence-electron chi connectivity index (χ3n) is 12.8. The van der Waals surface area contributed by atoms with Gasteiger partial charge in [0.05, 0.1) is 55.4 Å². The summed E-state index contributed by atoms with van der Waals surface area (Å²) in [6, 6.07) is 34.4. The second-order valence-electron chi connectivity index (χ2n) is 16.4. The van der Waals surface area contributed by atoms with Crippen LogP contribution in [0.15, 0.2) is 236 Å². The van der Waals surface area contributed by atoms with Crippen LogP contribution in [0.2, 0.25) is 0 Å². The maximum Gasteiger partial charge on any atom is 0.240 e. The highest BCUT2D eigenvalue weighted by molar-refractivity contribution is 7.21. The fourth-order valence-electron chi connectivity index (χ4n) is 9.79. The molecule has 1 aliphatic heterocycles. The van der Waals surface area contributed by atoms with Crippen molar-refractivity contribution in [1.29, 1.82) is 0 Å². The summed E-state index contributed by atoms with van der Waals surface area (Å²) in [5, 5.41) is 2.11. The fraction of sp³-hybridized carbons (Fsp3) is 0. The van der Waals surface area contributed by atoms with Crippen molar-refractivity contribution in [1.82, 2.24) is 34.1 Å². The van der Waals surface area contributed by atoms with Crippen LogP contribution >= 0.6 is 0 Å². The zero-order valence-electron chi connectivity index (χ0n) is 51.9. The lowest BCUT2D eigenvalue weighted by Crippen LogP contribution is -2.74. The lowest BCUT2D eigenvalue weighted by atomic mass is 10.1. The van der Waals surface area contributed by atoms with E-state index in [1.165, 1.54) is 0 Å². The van der Waals surface area contributed by atoms with Crippen LogP contribution in [-0.4, -0.2) is 42.1 Å². The van der Waals surface area contributed by atoms with Gasteiger partial charge in [0.1, 0.15) is 0 Å². The standard InChI is InChI=1S/C61H39N7Si/c1-4-19-40(20-5-1)51-37-35-49-50-36-38-52(41-21-6-2-7-22-41)63-59(50)69(58(49)62-51,43-24-8-3-9-25-43)44-26-18-23-42(39-44)57-64-60(67-53-31-14-10-27-45(53)46-28-11-15-32-54(46)67)66-61(65-57)68-55-33-16-12-29-47(55)48-30-13-17-34-56(48)68/h1-39H/i10D,11D,12D,13D,14D,15D,16D,17D,27D,28D,29D,30D,31D,32D,33D,34D. The summed E-state index contributed by atoms with van der Waals surface area (Å²) >= 11 is 0. The van der Waals surface area contributed by atoms with E-state index in [0.717, 1.165) is 63.8 Å². The van der Waals surface area contributed by atoms with Crippen molar-refractivity contribution >= 4 is 72.7 Å². The van der Waals surface area contributed by atoms with Crippen LogP contribution in [0.1, 0.15) is 21.9 Å². The largest absolute Gasteiger partial charge is 0.278 e. The Bertz CT molecular complexity index is 4680. The van der Waals surface area contributed by atoms with Gasteiger partial charge >= 0.3 is 0 Å². The molecule has 322 valence electrons. The van der Waals surface area contributed by atoms with E-state index in [1.807, 2.05) is 109 Å². The first-order valence-corrected chi connectivity index (χ1v) is 24.0. The average Bonchev–Trinajstić information content (AvgIpc) is 1.70. The highest BCUT2D eigenvalue weighted by Crippen LogP contribution is 2.36. The predicted molar refractivity (Wildman–Crippen MR) is 283 cm³/mol.